The van der Waals surface area contributed by atoms with E-state index in [9.17, 15) is 8.42 Å². The Balaban J connectivity index is 0.00000363. The van der Waals surface area contributed by atoms with E-state index in [1.165, 1.54) is 10.6 Å². The predicted octanol–water partition coefficient (Wildman–Crippen LogP) is 2.55. The lowest BCUT2D eigenvalue weighted by Gasteiger charge is -2.35. The van der Waals surface area contributed by atoms with Gasteiger partial charge in [0.25, 0.3) is 0 Å². The molecule has 0 radical (unpaired) electrons. The summed E-state index contributed by atoms with van der Waals surface area (Å²) < 4.78 is 37.4. The second kappa shape index (κ2) is 12.4. The van der Waals surface area contributed by atoms with Crippen molar-refractivity contribution in [3.8, 4) is 5.75 Å². The Bertz CT molecular complexity index is 958. The zero-order valence-corrected chi connectivity index (χ0v) is 21.9. The van der Waals surface area contributed by atoms with Crippen molar-refractivity contribution in [2.45, 2.75) is 26.1 Å². The number of guanidine groups is 1. The summed E-state index contributed by atoms with van der Waals surface area (Å²) in [5.74, 6) is 1.91. The average molecular weight is 577 g/mol. The van der Waals surface area contributed by atoms with Crippen LogP contribution in [0, 0.1) is 5.92 Å². The highest BCUT2D eigenvalue weighted by Gasteiger charge is 2.29. The van der Waals surface area contributed by atoms with Crippen molar-refractivity contribution in [1.29, 1.82) is 0 Å². The molecule has 11 heteroatoms. The number of ether oxygens (including phenoxy) is 1. The van der Waals surface area contributed by atoms with Gasteiger partial charge in [0, 0.05) is 51.4 Å². The second-order valence-electron chi connectivity index (χ2n) is 7.85. The van der Waals surface area contributed by atoms with Crippen LogP contribution < -0.4 is 10.1 Å². The van der Waals surface area contributed by atoms with Gasteiger partial charge in [-0.2, -0.15) is 4.31 Å². The average Bonchev–Trinajstić information content (AvgIpc) is 3.26. The highest BCUT2D eigenvalue weighted by atomic mass is 127. The number of aromatic nitrogens is 1. The normalized spacial score (nSPS) is 15.5. The standard InChI is InChI=1S/C21H31N5O4S.HI/c1-17(2)15-29-20-7-5-4-6-18(20)14-23-21(22-3)25-9-11-26(12-10-25)31(27,28)16-19-8-13-30-24-19;/h4-8,13,17H,9-12,14-16H2,1-3H3,(H,22,23);1H. The Kier molecular flexibility index (Phi) is 10.2. The highest BCUT2D eigenvalue weighted by Crippen LogP contribution is 2.19. The molecule has 1 N–H and O–H groups in total. The van der Waals surface area contributed by atoms with Crippen molar-refractivity contribution in [3.05, 3.63) is 47.9 Å². The predicted molar refractivity (Wildman–Crippen MR) is 135 cm³/mol. The van der Waals surface area contributed by atoms with Crippen LogP contribution in [0.25, 0.3) is 0 Å². The van der Waals surface area contributed by atoms with Crippen molar-refractivity contribution >= 4 is 40.0 Å². The first-order chi connectivity index (χ1) is 14.9. The first-order valence-corrected chi connectivity index (χ1v) is 12.0. The van der Waals surface area contributed by atoms with Gasteiger partial charge in [-0.05, 0) is 12.0 Å². The Hall–Kier alpha value is -1.86. The molecule has 1 fully saturated rings. The molecule has 1 saturated heterocycles. The summed E-state index contributed by atoms with van der Waals surface area (Å²) in [4.78, 5) is 6.45. The quantitative estimate of drug-likeness (QED) is 0.293. The third-order valence-corrected chi connectivity index (χ3v) is 6.76. The number of aliphatic imine (C=N–C) groups is 1. The zero-order chi connectivity index (χ0) is 22.3. The molecule has 1 aromatic heterocycles. The minimum absolute atomic E-state index is 0. The van der Waals surface area contributed by atoms with E-state index in [4.69, 9.17) is 9.26 Å². The summed E-state index contributed by atoms with van der Waals surface area (Å²) in [5.41, 5.74) is 1.47. The zero-order valence-electron chi connectivity index (χ0n) is 18.7. The molecule has 178 valence electrons. The van der Waals surface area contributed by atoms with E-state index in [1.807, 2.05) is 24.3 Å². The largest absolute Gasteiger partial charge is 0.493 e. The van der Waals surface area contributed by atoms with E-state index >= 15 is 0 Å². The lowest BCUT2D eigenvalue weighted by molar-refractivity contribution is 0.258. The third-order valence-electron chi connectivity index (χ3n) is 4.95. The van der Waals surface area contributed by atoms with Crippen LogP contribution >= 0.6 is 24.0 Å². The molecule has 2 aromatic rings. The number of nitrogens with zero attached hydrogens (tertiary/aromatic N) is 4. The highest BCUT2D eigenvalue weighted by molar-refractivity contribution is 14.0. The van der Waals surface area contributed by atoms with Crippen LogP contribution in [0.3, 0.4) is 0 Å². The topological polar surface area (TPSA) is 100 Å². The molecule has 0 aliphatic carbocycles. The second-order valence-corrected chi connectivity index (χ2v) is 9.82. The molecule has 1 aliphatic rings. The van der Waals surface area contributed by atoms with Gasteiger partial charge in [-0.3, -0.25) is 4.99 Å². The van der Waals surface area contributed by atoms with Crippen LogP contribution in [0.2, 0.25) is 0 Å². The summed E-state index contributed by atoms with van der Waals surface area (Å²) in [7, 11) is -1.70. The minimum atomic E-state index is -3.43. The monoisotopic (exact) mass is 577 g/mol. The Morgan fingerprint density at radius 1 is 1.22 bits per heavy atom. The molecule has 3 rings (SSSR count). The lowest BCUT2D eigenvalue weighted by Crippen LogP contribution is -2.53. The third kappa shape index (κ3) is 7.34. The minimum Gasteiger partial charge on any atom is -0.493 e. The van der Waals surface area contributed by atoms with Crippen LogP contribution in [0.15, 0.2) is 46.1 Å². The van der Waals surface area contributed by atoms with E-state index < -0.39 is 10.0 Å². The van der Waals surface area contributed by atoms with Gasteiger partial charge in [0.15, 0.2) is 5.96 Å². The molecule has 32 heavy (non-hydrogen) atoms. The Morgan fingerprint density at radius 3 is 2.56 bits per heavy atom. The van der Waals surface area contributed by atoms with Crippen LogP contribution in [-0.2, 0) is 22.3 Å². The summed E-state index contributed by atoms with van der Waals surface area (Å²) in [5, 5.41) is 7.08. The SMILES string of the molecule is CN=C(NCc1ccccc1OCC(C)C)N1CCN(S(=O)(=O)Cc2ccon2)CC1.I. The van der Waals surface area contributed by atoms with E-state index in [0.717, 1.165) is 17.3 Å². The van der Waals surface area contributed by atoms with Gasteiger partial charge < -0.3 is 19.5 Å². The van der Waals surface area contributed by atoms with Crippen LogP contribution in [0.5, 0.6) is 5.75 Å². The molecule has 0 atom stereocenters. The fourth-order valence-electron chi connectivity index (χ4n) is 3.32. The molecule has 1 aromatic carbocycles. The molecule has 1 aliphatic heterocycles. The van der Waals surface area contributed by atoms with Crippen LogP contribution in [0.1, 0.15) is 25.1 Å². The summed E-state index contributed by atoms with van der Waals surface area (Å²) in [6.45, 7) is 7.39. The summed E-state index contributed by atoms with van der Waals surface area (Å²) in [6, 6.07) is 9.53. The van der Waals surface area contributed by atoms with Gasteiger partial charge in [0.2, 0.25) is 10.0 Å². The van der Waals surface area contributed by atoms with Crippen molar-refractivity contribution in [3.63, 3.8) is 0 Å². The van der Waals surface area contributed by atoms with E-state index in [-0.39, 0.29) is 29.7 Å². The molecular weight excluding hydrogens is 545 g/mol. The fraction of sp³-hybridized carbons (Fsp3) is 0.524. The van der Waals surface area contributed by atoms with Crippen molar-refractivity contribution in [1.82, 2.24) is 19.7 Å². The molecule has 0 amide bonds. The van der Waals surface area contributed by atoms with Gasteiger partial charge in [-0.25, -0.2) is 8.42 Å². The lowest BCUT2D eigenvalue weighted by atomic mass is 10.2. The van der Waals surface area contributed by atoms with E-state index in [0.29, 0.717) is 50.9 Å². The first kappa shape index (κ1) is 26.4. The Labute approximate surface area is 207 Å². The van der Waals surface area contributed by atoms with Crippen molar-refractivity contribution in [2.24, 2.45) is 10.9 Å². The fourth-order valence-corrected chi connectivity index (χ4v) is 4.75. The number of benzene rings is 1. The maximum atomic E-state index is 12.6. The number of halogens is 1. The molecule has 9 nitrogen and oxygen atoms in total. The van der Waals surface area contributed by atoms with Crippen molar-refractivity contribution in [2.75, 3.05) is 39.8 Å². The smallest absolute Gasteiger partial charge is 0.220 e. The molecular formula is C21H32IN5O4S. The first-order valence-electron chi connectivity index (χ1n) is 10.4. The molecule has 2 heterocycles. The van der Waals surface area contributed by atoms with Crippen LogP contribution in [0.4, 0.5) is 0 Å². The van der Waals surface area contributed by atoms with Gasteiger partial charge in [-0.1, -0.05) is 37.2 Å². The molecule has 0 saturated carbocycles. The number of nitrogens with one attached hydrogen (secondary N) is 1. The maximum absolute atomic E-state index is 12.6. The maximum Gasteiger partial charge on any atom is 0.220 e. The molecule has 0 bridgehead atoms. The summed E-state index contributed by atoms with van der Waals surface area (Å²) in [6.07, 6.45) is 1.38. The summed E-state index contributed by atoms with van der Waals surface area (Å²) >= 11 is 0. The van der Waals surface area contributed by atoms with Gasteiger partial charge >= 0.3 is 0 Å². The van der Waals surface area contributed by atoms with Crippen LogP contribution in [-0.4, -0.2) is 68.6 Å². The van der Waals surface area contributed by atoms with E-state index in [2.05, 4.69) is 34.2 Å². The van der Waals surface area contributed by atoms with Crippen molar-refractivity contribution < 1.29 is 17.7 Å². The number of sulfonamides is 1. The number of rotatable bonds is 8. The number of hydrogen-bond donors (Lipinski definition) is 1. The number of piperazine rings is 1. The number of para-hydroxylation sites is 1. The molecule has 0 unspecified atom stereocenters. The Morgan fingerprint density at radius 2 is 1.94 bits per heavy atom. The van der Waals surface area contributed by atoms with Gasteiger partial charge in [-0.15, -0.1) is 24.0 Å². The van der Waals surface area contributed by atoms with E-state index in [1.54, 1.807) is 13.1 Å². The number of hydrogen-bond acceptors (Lipinski definition) is 6. The van der Waals surface area contributed by atoms with Gasteiger partial charge in [0.05, 0.1) is 12.3 Å². The molecule has 0 spiro atoms. The van der Waals surface area contributed by atoms with Gasteiger partial charge in [0.1, 0.15) is 17.8 Å².